The Morgan fingerprint density at radius 3 is 2.42 bits per heavy atom. The van der Waals surface area contributed by atoms with Crippen molar-refractivity contribution in [1.29, 1.82) is 0 Å². The van der Waals surface area contributed by atoms with Crippen molar-refractivity contribution >= 4 is 46.1 Å². The van der Waals surface area contributed by atoms with E-state index in [4.69, 9.17) is 27.9 Å². The number of benzene rings is 1. The van der Waals surface area contributed by atoms with Crippen molar-refractivity contribution in [2.75, 3.05) is 31.6 Å². The molecule has 0 aliphatic carbocycles. The van der Waals surface area contributed by atoms with Gasteiger partial charge in [0.15, 0.2) is 0 Å². The summed E-state index contributed by atoms with van der Waals surface area (Å²) >= 11 is 13.0. The number of hydrogen-bond donors (Lipinski definition) is 1. The average Bonchev–Trinajstić information content (AvgIpc) is 2.92. The van der Waals surface area contributed by atoms with Crippen LogP contribution in [0.15, 0.2) is 30.3 Å². The molecule has 0 radical (unpaired) electrons. The van der Waals surface area contributed by atoms with Gasteiger partial charge >= 0.3 is 0 Å². The van der Waals surface area contributed by atoms with Crippen molar-refractivity contribution in [2.24, 2.45) is 0 Å². The van der Waals surface area contributed by atoms with Crippen LogP contribution in [0.3, 0.4) is 0 Å². The predicted octanol–water partition coefficient (Wildman–Crippen LogP) is 5.03. The Labute approximate surface area is 156 Å². The number of ether oxygens (including phenoxy) is 1. The Bertz CT molecular complexity index is 670. The zero-order valence-electron chi connectivity index (χ0n) is 13.6. The molecule has 0 saturated heterocycles. The smallest absolute Gasteiger partial charge is 0.258 e. The highest BCUT2D eigenvalue weighted by molar-refractivity contribution is 7.20. The Hall–Kier alpha value is -1.27. The molecule has 2 aromatic rings. The second-order valence-electron chi connectivity index (χ2n) is 5.09. The Morgan fingerprint density at radius 2 is 1.88 bits per heavy atom. The highest BCUT2D eigenvalue weighted by Crippen LogP contribution is 2.31. The Balaban J connectivity index is 1.88. The predicted molar refractivity (Wildman–Crippen MR) is 102 cm³/mol. The first-order chi connectivity index (χ1) is 11.5. The van der Waals surface area contributed by atoms with Crippen LogP contribution in [0.4, 0.5) is 5.69 Å². The van der Waals surface area contributed by atoms with Crippen molar-refractivity contribution in [2.45, 2.75) is 13.8 Å². The van der Waals surface area contributed by atoms with Gasteiger partial charge in [-0.1, -0.05) is 37.0 Å². The number of hydrogen-bond acceptors (Lipinski definition) is 4. The quantitative estimate of drug-likeness (QED) is 0.691. The molecule has 1 aromatic heterocycles. The van der Waals surface area contributed by atoms with Crippen molar-refractivity contribution in [3.05, 3.63) is 44.6 Å². The molecule has 0 fully saturated rings. The lowest BCUT2D eigenvalue weighted by molar-refractivity contribution is 0.102. The van der Waals surface area contributed by atoms with E-state index in [1.54, 1.807) is 18.2 Å². The molecule has 0 unspecified atom stereocenters. The second kappa shape index (κ2) is 9.28. The third-order valence-corrected chi connectivity index (χ3v) is 5.07. The van der Waals surface area contributed by atoms with Crippen LogP contribution in [-0.2, 0) is 0 Å². The molecule has 4 nitrogen and oxygen atoms in total. The fourth-order valence-corrected chi connectivity index (χ4v) is 3.62. The van der Waals surface area contributed by atoms with Gasteiger partial charge in [-0.15, -0.1) is 11.3 Å². The van der Waals surface area contributed by atoms with Gasteiger partial charge in [-0.05, 0) is 43.4 Å². The Morgan fingerprint density at radius 1 is 1.21 bits per heavy atom. The van der Waals surface area contributed by atoms with Gasteiger partial charge in [0.1, 0.15) is 16.7 Å². The van der Waals surface area contributed by atoms with Crippen LogP contribution in [0, 0.1) is 0 Å². The fraction of sp³-hybridized carbons (Fsp3) is 0.353. The molecule has 1 aromatic carbocycles. The minimum atomic E-state index is -0.279. The van der Waals surface area contributed by atoms with E-state index in [1.165, 1.54) is 11.3 Å². The third-order valence-electron chi connectivity index (χ3n) is 3.58. The van der Waals surface area contributed by atoms with Crippen molar-refractivity contribution < 1.29 is 9.53 Å². The van der Waals surface area contributed by atoms with Crippen molar-refractivity contribution in [3.8, 4) is 5.75 Å². The van der Waals surface area contributed by atoms with E-state index in [9.17, 15) is 4.79 Å². The summed E-state index contributed by atoms with van der Waals surface area (Å²) in [4.78, 5) is 14.5. The highest BCUT2D eigenvalue weighted by atomic mass is 35.5. The fourth-order valence-electron chi connectivity index (χ4n) is 2.16. The van der Waals surface area contributed by atoms with Crippen LogP contribution in [0.1, 0.15) is 24.2 Å². The number of thiophene rings is 1. The monoisotopic (exact) mass is 386 g/mol. The molecule has 2 rings (SSSR count). The van der Waals surface area contributed by atoms with Crippen LogP contribution in [0.5, 0.6) is 5.75 Å². The van der Waals surface area contributed by atoms with E-state index in [-0.39, 0.29) is 5.91 Å². The summed E-state index contributed by atoms with van der Waals surface area (Å²) in [5.74, 6) is 0.495. The number of rotatable bonds is 8. The first-order valence-corrected chi connectivity index (χ1v) is 9.32. The molecule has 0 aliphatic heterocycles. The molecule has 1 heterocycles. The number of halogens is 2. The molecule has 130 valence electrons. The number of carbonyl (C=O) groups excluding carboxylic acids is 1. The van der Waals surface area contributed by atoms with E-state index in [0.717, 1.165) is 25.4 Å². The topological polar surface area (TPSA) is 41.6 Å². The minimum Gasteiger partial charge on any atom is -0.492 e. The largest absolute Gasteiger partial charge is 0.492 e. The summed E-state index contributed by atoms with van der Waals surface area (Å²) in [7, 11) is 0. The first kappa shape index (κ1) is 19.1. The standard InChI is InChI=1S/C17H20Cl2N2O2S/c1-3-21(4-2)9-10-23-13-7-5-12(6-8-13)20-17(22)14-11-15(18)24-16(14)19/h5-8,11H,3-4,9-10H2,1-2H3,(H,20,22). The maximum atomic E-state index is 12.2. The summed E-state index contributed by atoms with van der Waals surface area (Å²) in [6.45, 7) is 7.82. The van der Waals surface area contributed by atoms with Crippen molar-refractivity contribution in [3.63, 3.8) is 0 Å². The van der Waals surface area contributed by atoms with Gasteiger partial charge in [-0.3, -0.25) is 4.79 Å². The molecule has 0 bridgehead atoms. The maximum absolute atomic E-state index is 12.2. The average molecular weight is 387 g/mol. The lowest BCUT2D eigenvalue weighted by Crippen LogP contribution is -2.27. The molecule has 24 heavy (non-hydrogen) atoms. The van der Waals surface area contributed by atoms with Gasteiger partial charge in [0.2, 0.25) is 0 Å². The molecular weight excluding hydrogens is 367 g/mol. The van der Waals surface area contributed by atoms with E-state index < -0.39 is 0 Å². The first-order valence-electron chi connectivity index (χ1n) is 7.74. The van der Waals surface area contributed by atoms with Gasteiger partial charge in [0, 0.05) is 12.2 Å². The van der Waals surface area contributed by atoms with Crippen LogP contribution < -0.4 is 10.1 Å². The van der Waals surface area contributed by atoms with E-state index in [0.29, 0.717) is 26.5 Å². The number of amides is 1. The summed E-state index contributed by atoms with van der Waals surface area (Å²) in [6.07, 6.45) is 0. The minimum absolute atomic E-state index is 0.279. The third kappa shape index (κ3) is 5.38. The summed E-state index contributed by atoms with van der Waals surface area (Å²) < 4.78 is 6.59. The number of anilines is 1. The summed E-state index contributed by atoms with van der Waals surface area (Å²) in [5.41, 5.74) is 1.06. The lowest BCUT2D eigenvalue weighted by Gasteiger charge is -2.18. The van der Waals surface area contributed by atoms with Crippen molar-refractivity contribution in [1.82, 2.24) is 4.90 Å². The van der Waals surface area contributed by atoms with E-state index >= 15 is 0 Å². The molecule has 0 spiro atoms. The van der Waals surface area contributed by atoms with E-state index in [2.05, 4.69) is 24.1 Å². The van der Waals surface area contributed by atoms with Gasteiger partial charge in [-0.25, -0.2) is 0 Å². The molecular formula is C17H20Cl2N2O2S. The van der Waals surface area contributed by atoms with Gasteiger partial charge in [0.05, 0.1) is 9.90 Å². The van der Waals surface area contributed by atoms with Gasteiger partial charge in [-0.2, -0.15) is 0 Å². The number of nitrogens with one attached hydrogen (secondary N) is 1. The SMILES string of the molecule is CCN(CC)CCOc1ccc(NC(=O)c2cc(Cl)sc2Cl)cc1. The normalized spacial score (nSPS) is 10.9. The number of likely N-dealkylation sites (N-methyl/N-ethyl adjacent to an activating group) is 1. The molecule has 1 N–H and O–H groups in total. The zero-order chi connectivity index (χ0) is 17.5. The summed E-state index contributed by atoms with van der Waals surface area (Å²) in [6, 6.07) is 8.83. The van der Waals surface area contributed by atoms with Gasteiger partial charge < -0.3 is 15.0 Å². The zero-order valence-corrected chi connectivity index (χ0v) is 16.0. The number of nitrogens with zero attached hydrogens (tertiary/aromatic N) is 1. The molecule has 7 heteroatoms. The summed E-state index contributed by atoms with van der Waals surface area (Å²) in [5, 5.41) is 2.79. The second-order valence-corrected chi connectivity index (χ2v) is 7.38. The van der Waals surface area contributed by atoms with Gasteiger partial charge in [0.25, 0.3) is 5.91 Å². The molecule has 0 atom stereocenters. The molecule has 0 saturated carbocycles. The number of carbonyl (C=O) groups is 1. The highest BCUT2D eigenvalue weighted by Gasteiger charge is 2.14. The lowest BCUT2D eigenvalue weighted by atomic mass is 10.2. The maximum Gasteiger partial charge on any atom is 0.258 e. The Kier molecular flexibility index (Phi) is 7.37. The molecule has 0 aliphatic rings. The van der Waals surface area contributed by atoms with Crippen LogP contribution in [0.25, 0.3) is 0 Å². The van der Waals surface area contributed by atoms with Crippen LogP contribution in [-0.4, -0.2) is 37.0 Å². The molecule has 1 amide bonds. The van der Waals surface area contributed by atoms with Crippen LogP contribution >= 0.6 is 34.5 Å². The van der Waals surface area contributed by atoms with E-state index in [1.807, 2.05) is 12.1 Å². The van der Waals surface area contributed by atoms with Crippen LogP contribution in [0.2, 0.25) is 8.67 Å².